The first-order valence-electron chi connectivity index (χ1n) is 7.27. The molecule has 1 aliphatic rings. The molecular formula is C19H13BrO2S. The minimum atomic E-state index is -0.309. The summed E-state index contributed by atoms with van der Waals surface area (Å²) in [4.78, 5) is 13.2. The molecule has 0 aliphatic carbocycles. The Morgan fingerprint density at radius 3 is 2.57 bits per heavy atom. The summed E-state index contributed by atoms with van der Waals surface area (Å²) in [5.74, 6) is -0.429. The first kappa shape index (κ1) is 14.7. The summed E-state index contributed by atoms with van der Waals surface area (Å²) < 4.78 is 7.83. The fraction of sp³-hybridized carbons (Fsp3) is 0.105. The van der Waals surface area contributed by atoms with Crippen molar-refractivity contribution >= 4 is 43.3 Å². The van der Waals surface area contributed by atoms with E-state index in [0.29, 0.717) is 5.57 Å². The van der Waals surface area contributed by atoms with Crippen LogP contribution in [0.1, 0.15) is 22.5 Å². The zero-order valence-electron chi connectivity index (χ0n) is 12.2. The van der Waals surface area contributed by atoms with Gasteiger partial charge in [0.05, 0.1) is 5.92 Å². The minimum absolute atomic E-state index is 0.124. The van der Waals surface area contributed by atoms with Gasteiger partial charge in [0.15, 0.2) is 0 Å². The van der Waals surface area contributed by atoms with E-state index in [0.717, 1.165) is 14.9 Å². The third kappa shape index (κ3) is 2.52. The molecule has 2 unspecified atom stereocenters. The number of benzene rings is 2. The Hall–Kier alpha value is -1.91. The maximum atomic E-state index is 12.1. The number of hydrogen-bond acceptors (Lipinski definition) is 3. The Balaban J connectivity index is 1.80. The highest BCUT2D eigenvalue weighted by Crippen LogP contribution is 2.48. The van der Waals surface area contributed by atoms with E-state index in [9.17, 15) is 4.79 Å². The van der Waals surface area contributed by atoms with Crippen LogP contribution >= 0.6 is 27.3 Å². The van der Waals surface area contributed by atoms with Crippen LogP contribution in [0.5, 0.6) is 0 Å². The van der Waals surface area contributed by atoms with Crippen LogP contribution in [0.2, 0.25) is 0 Å². The smallest absolute Gasteiger partial charge is 0.334 e. The number of cyclic esters (lactones) is 1. The molecule has 0 saturated carbocycles. The monoisotopic (exact) mass is 384 g/mol. The van der Waals surface area contributed by atoms with Crippen LogP contribution < -0.4 is 0 Å². The van der Waals surface area contributed by atoms with Crippen LogP contribution in [0, 0.1) is 0 Å². The lowest BCUT2D eigenvalue weighted by Crippen LogP contribution is -2.05. The lowest BCUT2D eigenvalue weighted by molar-refractivity contribution is -0.139. The summed E-state index contributed by atoms with van der Waals surface area (Å²) in [6, 6.07) is 18.3. The van der Waals surface area contributed by atoms with Crippen molar-refractivity contribution in [3.8, 4) is 0 Å². The third-order valence-electron chi connectivity index (χ3n) is 4.12. The second-order valence-corrected chi connectivity index (χ2v) is 7.60. The van der Waals surface area contributed by atoms with Crippen LogP contribution in [0.4, 0.5) is 0 Å². The summed E-state index contributed by atoms with van der Waals surface area (Å²) in [5, 5.41) is 1.19. The normalized spacial score (nSPS) is 20.9. The Morgan fingerprint density at radius 2 is 1.83 bits per heavy atom. The van der Waals surface area contributed by atoms with Gasteiger partial charge in [0, 0.05) is 19.6 Å². The molecule has 2 atom stereocenters. The lowest BCUT2D eigenvalue weighted by atomic mass is 9.91. The number of esters is 1. The van der Waals surface area contributed by atoms with Crippen molar-refractivity contribution in [3.05, 3.63) is 81.7 Å². The highest BCUT2D eigenvalue weighted by atomic mass is 79.9. The molecule has 0 bridgehead atoms. The van der Waals surface area contributed by atoms with E-state index in [1.807, 2.05) is 36.4 Å². The summed E-state index contributed by atoms with van der Waals surface area (Å²) >= 11 is 5.14. The molecule has 4 heteroatoms. The predicted molar refractivity (Wildman–Crippen MR) is 96.7 cm³/mol. The molecule has 2 heterocycles. The maximum absolute atomic E-state index is 12.1. The molecule has 23 heavy (non-hydrogen) atoms. The first-order chi connectivity index (χ1) is 11.1. The van der Waals surface area contributed by atoms with E-state index in [4.69, 9.17) is 4.74 Å². The first-order valence-corrected chi connectivity index (χ1v) is 8.88. The SMILES string of the molecule is C=C1C(=O)OC(c2ccc(Br)cc2)C1c1cc2ccccc2s1. The number of fused-ring (bicyclic) bond motifs is 1. The second kappa shape index (κ2) is 5.62. The van der Waals surface area contributed by atoms with Gasteiger partial charge in [0.25, 0.3) is 0 Å². The van der Waals surface area contributed by atoms with Crippen molar-refractivity contribution in [2.24, 2.45) is 0 Å². The van der Waals surface area contributed by atoms with E-state index in [1.54, 1.807) is 11.3 Å². The number of thiophene rings is 1. The fourth-order valence-electron chi connectivity index (χ4n) is 2.96. The third-order valence-corrected chi connectivity index (χ3v) is 5.85. The quantitative estimate of drug-likeness (QED) is 0.424. The molecule has 2 aromatic carbocycles. The molecule has 1 fully saturated rings. The number of halogens is 1. The topological polar surface area (TPSA) is 26.3 Å². The van der Waals surface area contributed by atoms with Gasteiger partial charge < -0.3 is 4.74 Å². The van der Waals surface area contributed by atoms with Gasteiger partial charge in [-0.15, -0.1) is 11.3 Å². The van der Waals surface area contributed by atoms with Crippen LogP contribution in [-0.2, 0) is 9.53 Å². The van der Waals surface area contributed by atoms with Crippen LogP contribution in [0.25, 0.3) is 10.1 Å². The molecule has 0 spiro atoms. The van der Waals surface area contributed by atoms with E-state index < -0.39 is 0 Å². The fourth-order valence-corrected chi connectivity index (χ4v) is 4.45. The highest BCUT2D eigenvalue weighted by molar-refractivity contribution is 9.10. The second-order valence-electron chi connectivity index (χ2n) is 5.57. The van der Waals surface area contributed by atoms with Gasteiger partial charge in [-0.25, -0.2) is 4.79 Å². The van der Waals surface area contributed by atoms with Crippen LogP contribution in [0.3, 0.4) is 0 Å². The van der Waals surface area contributed by atoms with Gasteiger partial charge in [-0.3, -0.25) is 0 Å². The van der Waals surface area contributed by atoms with Crippen molar-refractivity contribution < 1.29 is 9.53 Å². The summed E-state index contributed by atoms with van der Waals surface area (Å²) in [5.41, 5.74) is 1.52. The lowest BCUT2D eigenvalue weighted by Gasteiger charge is -2.17. The van der Waals surface area contributed by atoms with Gasteiger partial charge in [-0.2, -0.15) is 0 Å². The minimum Gasteiger partial charge on any atom is -0.453 e. The number of carbonyl (C=O) groups excluding carboxylic acids is 1. The number of ether oxygens (including phenoxy) is 1. The van der Waals surface area contributed by atoms with Crippen molar-refractivity contribution in [1.82, 2.24) is 0 Å². The Kier molecular flexibility index (Phi) is 3.58. The zero-order chi connectivity index (χ0) is 16.0. The highest BCUT2D eigenvalue weighted by Gasteiger charge is 2.41. The molecule has 1 aromatic heterocycles. The standard InChI is InChI=1S/C19H13BrO2S/c1-11-17(16-10-13-4-2-3-5-15(13)23-16)18(22-19(11)21)12-6-8-14(20)9-7-12/h2-10,17-18H,1H2. The molecule has 0 amide bonds. The summed E-state index contributed by atoms with van der Waals surface area (Å²) in [6.45, 7) is 3.98. The number of carbonyl (C=O) groups is 1. The van der Waals surface area contributed by atoms with Crippen molar-refractivity contribution in [2.45, 2.75) is 12.0 Å². The molecule has 3 aromatic rings. The molecule has 4 rings (SSSR count). The van der Waals surface area contributed by atoms with Gasteiger partial charge in [0.1, 0.15) is 6.10 Å². The van der Waals surface area contributed by atoms with Crippen molar-refractivity contribution in [3.63, 3.8) is 0 Å². The largest absolute Gasteiger partial charge is 0.453 e. The molecule has 1 saturated heterocycles. The summed E-state index contributed by atoms with van der Waals surface area (Å²) in [7, 11) is 0. The average Bonchev–Trinajstić information content (AvgIpc) is 3.09. The van der Waals surface area contributed by atoms with E-state index >= 15 is 0 Å². The van der Waals surface area contributed by atoms with Gasteiger partial charge >= 0.3 is 5.97 Å². The van der Waals surface area contributed by atoms with Crippen molar-refractivity contribution in [1.29, 1.82) is 0 Å². The average molecular weight is 385 g/mol. The van der Waals surface area contributed by atoms with Gasteiger partial charge in [0.2, 0.25) is 0 Å². The predicted octanol–water partition coefficient (Wildman–Crippen LogP) is 5.60. The Morgan fingerprint density at radius 1 is 1.09 bits per heavy atom. The number of hydrogen-bond donors (Lipinski definition) is 0. The van der Waals surface area contributed by atoms with Crippen molar-refractivity contribution in [2.75, 3.05) is 0 Å². The van der Waals surface area contributed by atoms with E-state index in [2.05, 4.69) is 40.7 Å². The van der Waals surface area contributed by atoms with Gasteiger partial charge in [-0.1, -0.05) is 52.8 Å². The Bertz CT molecular complexity index is 878. The van der Waals surface area contributed by atoms with Crippen LogP contribution in [0.15, 0.2) is 71.2 Å². The van der Waals surface area contributed by atoms with E-state index in [-0.39, 0.29) is 18.0 Å². The molecule has 0 N–H and O–H groups in total. The molecule has 1 aliphatic heterocycles. The summed E-state index contributed by atoms with van der Waals surface area (Å²) in [6.07, 6.45) is -0.309. The molecule has 0 radical (unpaired) electrons. The van der Waals surface area contributed by atoms with Crippen LogP contribution in [-0.4, -0.2) is 5.97 Å². The van der Waals surface area contributed by atoms with Gasteiger partial charge in [-0.05, 0) is 35.2 Å². The number of rotatable bonds is 2. The Labute approximate surface area is 146 Å². The zero-order valence-corrected chi connectivity index (χ0v) is 14.6. The molecule has 114 valence electrons. The van der Waals surface area contributed by atoms with E-state index in [1.165, 1.54) is 10.1 Å². The maximum Gasteiger partial charge on any atom is 0.334 e. The molecule has 2 nitrogen and oxygen atoms in total. The molecular weight excluding hydrogens is 372 g/mol.